The summed E-state index contributed by atoms with van der Waals surface area (Å²) in [6.45, 7) is 0. The topological polar surface area (TPSA) is 26.0 Å². The fraction of sp³-hybridized carbons (Fsp3) is 1.00. The van der Waals surface area contributed by atoms with Gasteiger partial charge in [-0.3, -0.25) is 0 Å². The van der Waals surface area contributed by atoms with Crippen molar-refractivity contribution in [2.45, 2.75) is 44.6 Å². The van der Waals surface area contributed by atoms with Crippen LogP contribution in [0.3, 0.4) is 0 Å². The molecule has 0 radical (unpaired) electrons. The summed E-state index contributed by atoms with van der Waals surface area (Å²) in [6.07, 6.45) is 8.53. The molecule has 0 atom stereocenters. The van der Waals surface area contributed by atoms with Crippen LogP contribution >= 0.6 is 0 Å². The van der Waals surface area contributed by atoms with Gasteiger partial charge in [0.1, 0.15) is 0 Å². The van der Waals surface area contributed by atoms with E-state index in [-0.39, 0.29) is 0 Å². The molecule has 0 aromatic rings. The Morgan fingerprint density at radius 3 is 2.11 bits per heavy atom. The van der Waals surface area contributed by atoms with Crippen LogP contribution in [0.2, 0.25) is 0 Å². The first kappa shape index (κ1) is 5.72. The van der Waals surface area contributed by atoms with Crippen LogP contribution < -0.4 is 5.73 Å². The van der Waals surface area contributed by atoms with Crippen LogP contribution in [0.4, 0.5) is 0 Å². The maximum Gasteiger partial charge on any atom is 0.00494 e. The van der Waals surface area contributed by atoms with Gasteiger partial charge in [0, 0.05) is 6.04 Å². The molecular weight excluding hydrogens is 110 g/mol. The summed E-state index contributed by atoms with van der Waals surface area (Å²) in [4.78, 5) is 0. The smallest absolute Gasteiger partial charge is 0.00494 e. The quantitative estimate of drug-likeness (QED) is 0.523. The molecule has 0 aromatic heterocycles. The molecule has 0 aliphatic heterocycles. The maximum atomic E-state index is 5.73. The van der Waals surface area contributed by atoms with Gasteiger partial charge in [-0.05, 0) is 31.1 Å². The van der Waals surface area contributed by atoms with Crippen molar-refractivity contribution in [2.24, 2.45) is 11.1 Å². The van der Waals surface area contributed by atoms with Crippen LogP contribution in [0, 0.1) is 5.41 Å². The molecule has 2 saturated carbocycles. The standard InChI is InChI=1S/C8H15N/c9-7-5-8(6-7)3-1-2-4-8/h7H,1-6,9H2. The zero-order chi connectivity index (χ0) is 6.32. The van der Waals surface area contributed by atoms with Gasteiger partial charge < -0.3 is 5.73 Å². The number of nitrogens with two attached hydrogens (primary N) is 1. The third-order valence-electron chi connectivity index (χ3n) is 3.05. The molecule has 0 heterocycles. The molecule has 1 heteroatoms. The molecular formula is C8H15N. The van der Waals surface area contributed by atoms with Crippen molar-refractivity contribution in [1.29, 1.82) is 0 Å². The lowest BCUT2D eigenvalue weighted by molar-refractivity contribution is 0.113. The zero-order valence-electron chi connectivity index (χ0n) is 5.90. The Labute approximate surface area is 56.6 Å². The van der Waals surface area contributed by atoms with Crippen LogP contribution in [0.25, 0.3) is 0 Å². The third kappa shape index (κ3) is 0.787. The Morgan fingerprint density at radius 2 is 1.67 bits per heavy atom. The van der Waals surface area contributed by atoms with E-state index >= 15 is 0 Å². The highest BCUT2D eigenvalue weighted by Crippen LogP contribution is 2.52. The fourth-order valence-corrected chi connectivity index (χ4v) is 2.59. The van der Waals surface area contributed by atoms with E-state index in [1.807, 2.05) is 0 Å². The van der Waals surface area contributed by atoms with Crippen molar-refractivity contribution in [1.82, 2.24) is 0 Å². The summed E-state index contributed by atoms with van der Waals surface area (Å²) in [5, 5.41) is 0. The fourth-order valence-electron chi connectivity index (χ4n) is 2.59. The zero-order valence-corrected chi connectivity index (χ0v) is 5.90. The summed E-state index contributed by atoms with van der Waals surface area (Å²) in [6, 6.07) is 0.558. The summed E-state index contributed by atoms with van der Waals surface area (Å²) >= 11 is 0. The minimum atomic E-state index is 0.558. The second kappa shape index (κ2) is 1.72. The van der Waals surface area contributed by atoms with Gasteiger partial charge in [-0.15, -0.1) is 0 Å². The van der Waals surface area contributed by atoms with E-state index in [0.717, 1.165) is 5.41 Å². The van der Waals surface area contributed by atoms with Crippen LogP contribution in [-0.2, 0) is 0 Å². The average molecular weight is 125 g/mol. The molecule has 9 heavy (non-hydrogen) atoms. The molecule has 1 spiro atoms. The number of hydrogen-bond acceptors (Lipinski definition) is 1. The van der Waals surface area contributed by atoms with Gasteiger partial charge in [0.25, 0.3) is 0 Å². The lowest BCUT2D eigenvalue weighted by atomic mass is 9.65. The normalized spacial score (nSPS) is 33.0. The highest BCUT2D eigenvalue weighted by atomic mass is 14.7. The molecule has 1 nitrogen and oxygen atoms in total. The molecule has 2 aliphatic rings. The number of hydrogen-bond donors (Lipinski definition) is 1. The highest BCUT2D eigenvalue weighted by Gasteiger charge is 2.43. The monoisotopic (exact) mass is 125 g/mol. The third-order valence-corrected chi connectivity index (χ3v) is 3.05. The Bertz CT molecular complexity index is 106. The number of rotatable bonds is 0. The Hall–Kier alpha value is -0.0400. The minimum Gasteiger partial charge on any atom is -0.328 e. The molecule has 2 rings (SSSR count). The van der Waals surface area contributed by atoms with Gasteiger partial charge in [0.05, 0.1) is 0 Å². The SMILES string of the molecule is NC1CC2(CCCC2)C1. The first-order chi connectivity index (χ1) is 4.31. The van der Waals surface area contributed by atoms with E-state index in [0.29, 0.717) is 6.04 Å². The maximum absolute atomic E-state index is 5.73. The minimum absolute atomic E-state index is 0.558. The van der Waals surface area contributed by atoms with Crippen LogP contribution in [0.15, 0.2) is 0 Å². The largest absolute Gasteiger partial charge is 0.328 e. The first-order valence-corrected chi connectivity index (χ1v) is 4.06. The van der Waals surface area contributed by atoms with E-state index in [1.165, 1.54) is 38.5 Å². The van der Waals surface area contributed by atoms with Crippen LogP contribution in [-0.4, -0.2) is 6.04 Å². The molecule has 2 fully saturated rings. The molecule has 52 valence electrons. The van der Waals surface area contributed by atoms with Gasteiger partial charge in [-0.25, -0.2) is 0 Å². The van der Waals surface area contributed by atoms with Crippen molar-refractivity contribution in [3.8, 4) is 0 Å². The van der Waals surface area contributed by atoms with E-state index in [4.69, 9.17) is 5.73 Å². The Morgan fingerprint density at radius 1 is 1.11 bits per heavy atom. The average Bonchev–Trinajstić information content (AvgIpc) is 2.12. The van der Waals surface area contributed by atoms with E-state index in [2.05, 4.69) is 0 Å². The Kier molecular flexibility index (Phi) is 1.10. The summed E-state index contributed by atoms with van der Waals surface area (Å²) in [7, 11) is 0. The van der Waals surface area contributed by atoms with E-state index < -0.39 is 0 Å². The second-order valence-corrected chi connectivity index (χ2v) is 3.88. The van der Waals surface area contributed by atoms with Gasteiger partial charge in [-0.2, -0.15) is 0 Å². The van der Waals surface area contributed by atoms with Crippen LogP contribution in [0.1, 0.15) is 38.5 Å². The van der Waals surface area contributed by atoms with Gasteiger partial charge >= 0.3 is 0 Å². The van der Waals surface area contributed by atoms with Gasteiger partial charge in [-0.1, -0.05) is 12.8 Å². The molecule has 0 amide bonds. The van der Waals surface area contributed by atoms with Crippen molar-refractivity contribution in [2.75, 3.05) is 0 Å². The van der Waals surface area contributed by atoms with Crippen molar-refractivity contribution >= 4 is 0 Å². The molecule has 0 bridgehead atoms. The highest BCUT2D eigenvalue weighted by molar-refractivity contribution is 4.98. The lowest BCUT2D eigenvalue weighted by Crippen LogP contribution is -2.44. The van der Waals surface area contributed by atoms with E-state index in [1.54, 1.807) is 0 Å². The van der Waals surface area contributed by atoms with Gasteiger partial charge in [0.2, 0.25) is 0 Å². The molecule has 2 N–H and O–H groups in total. The molecule has 0 unspecified atom stereocenters. The van der Waals surface area contributed by atoms with Gasteiger partial charge in [0.15, 0.2) is 0 Å². The van der Waals surface area contributed by atoms with Crippen molar-refractivity contribution in [3.63, 3.8) is 0 Å². The summed E-state index contributed by atoms with van der Waals surface area (Å²) in [5.41, 5.74) is 6.50. The van der Waals surface area contributed by atoms with Crippen molar-refractivity contribution in [3.05, 3.63) is 0 Å². The predicted octanol–water partition coefficient (Wildman–Crippen LogP) is 1.67. The second-order valence-electron chi connectivity index (χ2n) is 3.88. The Balaban J connectivity index is 1.95. The summed E-state index contributed by atoms with van der Waals surface area (Å²) < 4.78 is 0. The predicted molar refractivity (Wildman–Crippen MR) is 38.1 cm³/mol. The van der Waals surface area contributed by atoms with Crippen LogP contribution in [0.5, 0.6) is 0 Å². The molecule has 2 aliphatic carbocycles. The lowest BCUT2D eigenvalue weighted by Gasteiger charge is -2.43. The first-order valence-electron chi connectivity index (χ1n) is 4.06. The van der Waals surface area contributed by atoms with E-state index in [9.17, 15) is 0 Å². The molecule has 0 aromatic carbocycles. The summed E-state index contributed by atoms with van der Waals surface area (Å²) in [5.74, 6) is 0. The molecule has 0 saturated heterocycles. The van der Waals surface area contributed by atoms with Crippen molar-refractivity contribution < 1.29 is 0 Å².